The predicted molar refractivity (Wildman–Crippen MR) is 34.8 cm³/mol. The molecule has 0 unspecified atom stereocenters. The van der Waals surface area contributed by atoms with E-state index in [9.17, 15) is 0 Å². The van der Waals surface area contributed by atoms with E-state index in [0.717, 1.165) is 5.78 Å². The van der Waals surface area contributed by atoms with Gasteiger partial charge in [-0.25, -0.2) is 0 Å². The van der Waals surface area contributed by atoms with Crippen molar-refractivity contribution >= 4 is 5.78 Å². The highest BCUT2D eigenvalue weighted by Crippen LogP contribution is 1.92. The van der Waals surface area contributed by atoms with Gasteiger partial charge in [0, 0.05) is 13.8 Å². The Hall–Kier alpha value is -0.530. The van der Waals surface area contributed by atoms with Crippen LogP contribution in [0.2, 0.25) is 0 Å². The number of hydrogen-bond acceptors (Lipinski definition) is 0. The Morgan fingerprint density at radius 1 is 1.38 bits per heavy atom. The third-order valence-corrected chi connectivity index (χ3v) is 0.446. The summed E-state index contributed by atoms with van der Waals surface area (Å²) in [6.07, 6.45) is 0. The van der Waals surface area contributed by atoms with Gasteiger partial charge in [0.1, 0.15) is 0 Å². The van der Waals surface area contributed by atoms with Gasteiger partial charge in [0.25, 0.3) is 5.78 Å². The molecule has 0 aromatic carbocycles. The molecule has 0 aromatic rings. The van der Waals surface area contributed by atoms with E-state index in [-0.39, 0.29) is 6.04 Å². The van der Waals surface area contributed by atoms with Crippen molar-refractivity contribution in [3.63, 3.8) is 0 Å². The van der Waals surface area contributed by atoms with Crippen LogP contribution in [0.15, 0.2) is 0 Å². The molecule has 8 heavy (non-hydrogen) atoms. The van der Waals surface area contributed by atoms with E-state index in [4.69, 9.17) is 4.53 Å². The lowest BCUT2D eigenvalue weighted by molar-refractivity contribution is -0.404. The third-order valence-electron chi connectivity index (χ3n) is 0.446. The fourth-order valence-electron chi connectivity index (χ4n) is 0.211. The first-order valence-corrected chi connectivity index (χ1v) is 2.80. The van der Waals surface area contributed by atoms with Crippen LogP contribution in [-0.4, -0.2) is 11.8 Å². The molecule has 0 bridgehead atoms. The summed E-state index contributed by atoms with van der Waals surface area (Å²) in [7, 11) is 0. The minimum Gasteiger partial charge on any atom is -0.282 e. The number of ketones is 1. The highest BCUT2D eigenvalue weighted by Gasteiger charge is 1.86. The fraction of sp³-hybridized carbons (Fsp3) is 0.833. The van der Waals surface area contributed by atoms with E-state index >= 15 is 0 Å². The zero-order chi connectivity index (χ0) is 6.57. The van der Waals surface area contributed by atoms with Crippen molar-refractivity contribution in [2.45, 2.75) is 33.7 Å². The van der Waals surface area contributed by atoms with Crippen molar-refractivity contribution in [3.8, 4) is 0 Å². The molecule has 0 saturated carbocycles. The normalized spacial score (nSPS) is 9.12. The van der Waals surface area contributed by atoms with Gasteiger partial charge in [-0.2, -0.15) is 0 Å². The van der Waals surface area contributed by atoms with Crippen molar-refractivity contribution in [2.24, 2.45) is 0 Å². The first kappa shape index (κ1) is 7.47. The summed E-state index contributed by atoms with van der Waals surface area (Å²) in [5, 5.41) is 0. The predicted octanol–water partition coefficient (Wildman–Crippen LogP) is 1.83. The molecule has 48 valence electrons. The van der Waals surface area contributed by atoms with Gasteiger partial charge < -0.3 is 0 Å². The minimum atomic E-state index is 0.268. The first-order chi connectivity index (χ1) is 3.63. The molecule has 0 aromatic heterocycles. The highest BCUT2D eigenvalue weighted by molar-refractivity contribution is 5.72. The van der Waals surface area contributed by atoms with E-state index in [1.54, 1.807) is 0 Å². The lowest BCUT2D eigenvalue weighted by Crippen LogP contribution is -1.94. The van der Waals surface area contributed by atoms with Crippen LogP contribution >= 0.6 is 0 Å². The molecule has 0 heterocycles. The van der Waals surface area contributed by atoms with Gasteiger partial charge in [0.05, 0.1) is 0 Å². The van der Waals surface area contributed by atoms with Crippen molar-refractivity contribution in [3.05, 3.63) is 5.48 Å². The second kappa shape index (κ2) is 3.47. The van der Waals surface area contributed by atoms with Crippen LogP contribution in [0.1, 0.15) is 27.7 Å². The number of hydroxylamine groups is 1. The van der Waals surface area contributed by atoms with Gasteiger partial charge in [-0.05, 0) is 6.04 Å². The van der Waals surface area contributed by atoms with E-state index in [2.05, 4.69) is 5.48 Å². The molecule has 0 aliphatic heterocycles. The van der Waals surface area contributed by atoms with Crippen LogP contribution in [0.4, 0.5) is 0 Å². The molecule has 0 amide bonds. The van der Waals surface area contributed by atoms with Gasteiger partial charge in [-0.3, -0.25) is 10.0 Å². The van der Waals surface area contributed by atoms with E-state index < -0.39 is 0 Å². The second-order valence-corrected chi connectivity index (χ2v) is 2.20. The minimum absolute atomic E-state index is 0.268. The number of nitrogens with zero attached hydrogens (tertiary/aromatic N) is 1. The summed E-state index contributed by atoms with van der Waals surface area (Å²) >= 11 is 0. The Kier molecular flexibility index (Phi) is 3.24. The molecule has 0 radical (unpaired) electrons. The molecular weight excluding hydrogens is 102 g/mol. The molecule has 0 spiro atoms. The molecule has 0 N–H and O–H groups in total. The average molecular weight is 115 g/mol. The second-order valence-electron chi connectivity index (χ2n) is 2.20. The largest absolute Gasteiger partial charge is 0.291 e. The van der Waals surface area contributed by atoms with Crippen LogP contribution < -0.4 is 0 Å². The van der Waals surface area contributed by atoms with Crippen molar-refractivity contribution in [1.29, 1.82) is 0 Å². The van der Waals surface area contributed by atoms with Gasteiger partial charge in [0.2, 0.25) is 0 Å². The maximum absolute atomic E-state index is 4.84. The zero-order valence-electron chi connectivity index (χ0n) is 5.93. The summed E-state index contributed by atoms with van der Waals surface area (Å²) in [4.78, 5) is 0. The van der Waals surface area contributed by atoms with Gasteiger partial charge in [0.15, 0.2) is 0 Å². The Morgan fingerprint density at radius 2 is 1.88 bits per heavy atom. The van der Waals surface area contributed by atoms with Crippen molar-refractivity contribution in [2.75, 3.05) is 0 Å². The average Bonchev–Trinajstić information content (AvgIpc) is 1.61. The van der Waals surface area contributed by atoms with E-state index in [1.807, 2.05) is 27.7 Å². The Bertz CT molecular complexity index is 82.5. The summed E-state index contributed by atoms with van der Waals surface area (Å²) in [6.45, 7) is 7.71. The summed E-state index contributed by atoms with van der Waals surface area (Å²) in [6, 6.07) is 0.268. The lowest BCUT2D eigenvalue weighted by Gasteiger charge is -2.03. The molecule has 0 atom stereocenters. The maximum atomic E-state index is 4.84. The Morgan fingerprint density at radius 3 is 2.00 bits per heavy atom. The molecule has 2 heteroatoms. The maximum Gasteiger partial charge on any atom is 0.291 e. The van der Waals surface area contributed by atoms with E-state index in [0.29, 0.717) is 0 Å². The fourth-order valence-corrected chi connectivity index (χ4v) is 0.211. The Balaban J connectivity index is 3.29. The first-order valence-electron chi connectivity index (χ1n) is 2.80. The quantitative estimate of drug-likeness (QED) is 0.387. The van der Waals surface area contributed by atoms with Gasteiger partial charge >= 0.3 is 0 Å². The van der Waals surface area contributed by atoms with Gasteiger partial charge in [-0.15, -0.1) is 0 Å². The number of carbonyl (C=O) groups excluding carboxylic acids is 1. The van der Waals surface area contributed by atoms with Gasteiger partial charge in [-0.1, -0.05) is 13.8 Å². The van der Waals surface area contributed by atoms with Crippen LogP contribution in [-0.2, 0) is 4.53 Å². The highest BCUT2D eigenvalue weighted by atomic mass is 16.6. The topological polar surface area (TPSA) is 25.4 Å². The van der Waals surface area contributed by atoms with Crippen LogP contribution in [0.5, 0.6) is 0 Å². The summed E-state index contributed by atoms with van der Waals surface area (Å²) in [5.74, 6) is 0.888. The molecule has 0 aliphatic rings. The van der Waals surface area contributed by atoms with Crippen molar-refractivity contribution < 1.29 is 4.53 Å². The van der Waals surface area contributed by atoms with E-state index in [1.165, 1.54) is 0 Å². The van der Waals surface area contributed by atoms with Crippen LogP contribution in [0.3, 0.4) is 0 Å². The molecule has 0 rings (SSSR count). The summed E-state index contributed by atoms with van der Waals surface area (Å²) < 4.78 is 4.84. The summed E-state index contributed by atoms with van der Waals surface area (Å²) in [5.41, 5.74) is 3.79. The molecular formula is C6H13NO. The molecule has 0 saturated heterocycles. The molecule has 0 aliphatic carbocycles. The van der Waals surface area contributed by atoms with Crippen LogP contribution in [0.25, 0.3) is 5.48 Å². The van der Waals surface area contributed by atoms with Crippen LogP contribution in [0, 0.1) is 0 Å². The zero-order valence-corrected chi connectivity index (χ0v) is 5.93. The smallest absolute Gasteiger partial charge is 0.282 e. The number of hydrogen-bond donors (Lipinski definition) is 0. The number of rotatable bonds is 2. The Labute approximate surface area is 50.5 Å². The lowest BCUT2D eigenvalue weighted by atomic mass is 10.4. The standard InChI is InChI=1S/C6H13NO/c1-5(2)7-8-6(3)4/h5H,1-4H3. The SMILES string of the molecule is CC(C)=[O+][N-]C(C)C. The monoisotopic (exact) mass is 115 g/mol. The molecule has 2 nitrogen and oxygen atoms in total. The molecule has 0 fully saturated rings. The third kappa shape index (κ3) is 5.47. The van der Waals surface area contributed by atoms with Crippen molar-refractivity contribution in [1.82, 2.24) is 0 Å².